The van der Waals surface area contributed by atoms with Gasteiger partial charge in [-0.3, -0.25) is 4.79 Å². The third-order valence-electron chi connectivity index (χ3n) is 4.15. The first-order valence-corrected chi connectivity index (χ1v) is 8.37. The summed E-state index contributed by atoms with van der Waals surface area (Å²) in [4.78, 5) is 13.0. The quantitative estimate of drug-likeness (QED) is 0.622. The highest BCUT2D eigenvalue weighted by molar-refractivity contribution is 7.08. The Morgan fingerprint density at radius 1 is 1.17 bits per heavy atom. The number of aryl methyl sites for hydroxylation is 1. The lowest BCUT2D eigenvalue weighted by Crippen LogP contribution is -2.12. The number of anilines is 1. The van der Waals surface area contributed by atoms with Crippen molar-refractivity contribution in [1.82, 2.24) is 9.59 Å². The normalized spacial score (nSPS) is 11.9. The van der Waals surface area contributed by atoms with E-state index < -0.39 is 0 Å². The molecule has 0 bridgehead atoms. The zero-order valence-corrected chi connectivity index (χ0v) is 13.5. The maximum Gasteiger partial charge on any atom is 0.269 e. The van der Waals surface area contributed by atoms with Crippen LogP contribution in [0.15, 0.2) is 42.5 Å². The van der Waals surface area contributed by atoms with E-state index in [0.29, 0.717) is 11.3 Å². The van der Waals surface area contributed by atoms with Gasteiger partial charge in [0.05, 0.1) is 5.69 Å². The Balaban J connectivity index is 1.60. The molecule has 0 radical (unpaired) electrons. The van der Waals surface area contributed by atoms with Crippen LogP contribution in [0.1, 0.15) is 33.4 Å². The number of benzene rings is 2. The lowest BCUT2D eigenvalue weighted by molar-refractivity contribution is 0.102. The first kappa shape index (κ1) is 14.1. The molecule has 2 aromatic carbocycles. The molecule has 0 spiro atoms. The van der Waals surface area contributed by atoms with Gasteiger partial charge in [0.15, 0.2) is 0 Å². The van der Waals surface area contributed by atoms with Crippen LogP contribution in [-0.2, 0) is 12.8 Å². The number of hydrogen-bond acceptors (Lipinski definition) is 4. The molecular formula is C18H15N3OS. The van der Waals surface area contributed by atoms with Crippen molar-refractivity contribution in [3.8, 4) is 11.1 Å². The third kappa shape index (κ3) is 2.43. The average molecular weight is 321 g/mol. The van der Waals surface area contributed by atoms with Crippen molar-refractivity contribution in [3.63, 3.8) is 0 Å². The van der Waals surface area contributed by atoms with Gasteiger partial charge in [-0.1, -0.05) is 41.7 Å². The topological polar surface area (TPSA) is 54.9 Å². The molecule has 1 aliphatic carbocycles. The van der Waals surface area contributed by atoms with Crippen LogP contribution in [0.4, 0.5) is 5.69 Å². The van der Waals surface area contributed by atoms with Crippen LogP contribution in [0.25, 0.3) is 11.1 Å². The highest BCUT2D eigenvalue weighted by Crippen LogP contribution is 2.37. The van der Waals surface area contributed by atoms with Crippen LogP contribution in [-0.4, -0.2) is 15.5 Å². The van der Waals surface area contributed by atoms with Crippen molar-refractivity contribution >= 4 is 23.1 Å². The van der Waals surface area contributed by atoms with E-state index in [9.17, 15) is 4.79 Å². The Hall–Kier alpha value is -2.53. The average Bonchev–Trinajstić information content (AvgIpc) is 3.18. The Bertz CT molecular complexity index is 901. The van der Waals surface area contributed by atoms with Gasteiger partial charge in [0.1, 0.15) is 4.88 Å². The second-order valence-corrected chi connectivity index (χ2v) is 6.32. The number of carbonyl (C=O) groups excluding carboxylic acids is 1. The number of hydrogen-bond donors (Lipinski definition) is 1. The van der Waals surface area contributed by atoms with Gasteiger partial charge >= 0.3 is 0 Å². The SMILES string of the molecule is CCc1nnsc1C(=O)Nc1ccc2c(c1)Cc1ccccc1-2. The van der Waals surface area contributed by atoms with Crippen LogP contribution in [0.3, 0.4) is 0 Å². The fourth-order valence-corrected chi connectivity index (χ4v) is 3.67. The van der Waals surface area contributed by atoms with Crippen LogP contribution in [0, 0.1) is 0 Å². The fourth-order valence-electron chi connectivity index (χ4n) is 3.02. The molecule has 4 rings (SSSR count). The molecule has 5 heteroatoms. The van der Waals surface area contributed by atoms with Crippen molar-refractivity contribution in [2.24, 2.45) is 0 Å². The summed E-state index contributed by atoms with van der Waals surface area (Å²) in [7, 11) is 0. The number of aromatic nitrogens is 2. The highest BCUT2D eigenvalue weighted by atomic mass is 32.1. The minimum absolute atomic E-state index is 0.132. The molecule has 0 unspecified atom stereocenters. The molecule has 1 aliphatic rings. The van der Waals surface area contributed by atoms with Crippen molar-refractivity contribution in [2.45, 2.75) is 19.8 Å². The molecule has 4 nitrogen and oxygen atoms in total. The molecule has 0 fully saturated rings. The summed E-state index contributed by atoms with van der Waals surface area (Å²) in [6.45, 7) is 1.97. The Labute approximate surface area is 138 Å². The van der Waals surface area contributed by atoms with E-state index >= 15 is 0 Å². The number of nitrogens with zero attached hydrogens (tertiary/aromatic N) is 2. The minimum atomic E-state index is -0.132. The Morgan fingerprint density at radius 2 is 2.00 bits per heavy atom. The van der Waals surface area contributed by atoms with E-state index in [0.717, 1.165) is 29.3 Å². The van der Waals surface area contributed by atoms with Gasteiger partial charge in [-0.25, -0.2) is 0 Å². The van der Waals surface area contributed by atoms with E-state index in [-0.39, 0.29) is 5.91 Å². The van der Waals surface area contributed by atoms with Crippen molar-refractivity contribution < 1.29 is 4.79 Å². The number of fused-ring (bicyclic) bond motifs is 3. The molecule has 1 aromatic heterocycles. The first-order chi connectivity index (χ1) is 11.3. The monoisotopic (exact) mass is 321 g/mol. The Morgan fingerprint density at radius 3 is 2.87 bits per heavy atom. The van der Waals surface area contributed by atoms with Crippen molar-refractivity contribution in [2.75, 3.05) is 5.32 Å². The van der Waals surface area contributed by atoms with Gasteiger partial charge in [-0.05, 0) is 58.8 Å². The summed E-state index contributed by atoms with van der Waals surface area (Å²) in [5.41, 5.74) is 6.71. The standard InChI is InChI=1S/C18H15N3OS/c1-2-16-17(23-21-20-16)18(22)19-13-7-8-15-12(10-13)9-11-5-3-4-6-14(11)15/h3-8,10H,2,9H2,1H3,(H,19,22). The lowest BCUT2D eigenvalue weighted by Gasteiger charge is -2.07. The first-order valence-electron chi connectivity index (χ1n) is 7.60. The highest BCUT2D eigenvalue weighted by Gasteiger charge is 2.19. The number of amides is 1. The smallest absolute Gasteiger partial charge is 0.269 e. The van der Waals surface area contributed by atoms with Gasteiger partial charge in [-0.15, -0.1) is 5.10 Å². The predicted molar refractivity (Wildman–Crippen MR) is 91.9 cm³/mol. The maximum absolute atomic E-state index is 12.4. The molecule has 3 aromatic rings. The van der Waals surface area contributed by atoms with E-state index in [1.807, 2.05) is 13.0 Å². The summed E-state index contributed by atoms with van der Waals surface area (Å²) >= 11 is 1.14. The van der Waals surface area contributed by atoms with Gasteiger partial charge in [-0.2, -0.15) is 0 Å². The largest absolute Gasteiger partial charge is 0.321 e. The Kier molecular flexibility index (Phi) is 3.42. The van der Waals surface area contributed by atoms with E-state index in [1.165, 1.54) is 22.3 Å². The summed E-state index contributed by atoms with van der Waals surface area (Å²) in [5, 5.41) is 6.96. The van der Waals surface area contributed by atoms with Gasteiger partial charge in [0, 0.05) is 5.69 Å². The zero-order chi connectivity index (χ0) is 15.8. The molecule has 0 saturated carbocycles. The molecule has 1 amide bonds. The summed E-state index contributed by atoms with van der Waals surface area (Å²) < 4.78 is 3.87. The maximum atomic E-state index is 12.4. The van der Waals surface area contributed by atoms with Gasteiger partial charge in [0.2, 0.25) is 0 Å². The summed E-state index contributed by atoms with van der Waals surface area (Å²) in [5.74, 6) is -0.132. The minimum Gasteiger partial charge on any atom is -0.321 e. The number of rotatable bonds is 3. The van der Waals surface area contributed by atoms with E-state index in [1.54, 1.807) is 0 Å². The van der Waals surface area contributed by atoms with Crippen molar-refractivity contribution in [1.29, 1.82) is 0 Å². The zero-order valence-electron chi connectivity index (χ0n) is 12.7. The molecule has 1 N–H and O–H groups in total. The number of carbonyl (C=O) groups is 1. The van der Waals surface area contributed by atoms with Crippen LogP contribution >= 0.6 is 11.5 Å². The van der Waals surface area contributed by atoms with Gasteiger partial charge in [0.25, 0.3) is 5.91 Å². The molecular weight excluding hydrogens is 306 g/mol. The summed E-state index contributed by atoms with van der Waals surface area (Å²) in [6, 6.07) is 14.5. The lowest BCUT2D eigenvalue weighted by atomic mass is 10.1. The molecule has 0 saturated heterocycles. The van der Waals surface area contributed by atoms with Crippen LogP contribution in [0.2, 0.25) is 0 Å². The van der Waals surface area contributed by atoms with E-state index in [4.69, 9.17) is 0 Å². The van der Waals surface area contributed by atoms with Crippen LogP contribution in [0.5, 0.6) is 0 Å². The van der Waals surface area contributed by atoms with Crippen molar-refractivity contribution in [3.05, 3.63) is 64.2 Å². The van der Waals surface area contributed by atoms with E-state index in [2.05, 4.69) is 51.3 Å². The second kappa shape index (κ2) is 5.59. The molecule has 0 atom stereocenters. The summed E-state index contributed by atoms with van der Waals surface area (Å²) in [6.07, 6.45) is 1.62. The molecule has 1 heterocycles. The fraction of sp³-hybridized carbons (Fsp3) is 0.167. The number of nitrogens with one attached hydrogen (secondary N) is 1. The predicted octanol–water partition coefficient (Wildman–Crippen LogP) is 3.92. The van der Waals surface area contributed by atoms with Crippen LogP contribution < -0.4 is 5.32 Å². The molecule has 114 valence electrons. The third-order valence-corrected chi connectivity index (χ3v) is 4.92. The van der Waals surface area contributed by atoms with Gasteiger partial charge < -0.3 is 5.32 Å². The molecule has 23 heavy (non-hydrogen) atoms. The second-order valence-electron chi connectivity index (χ2n) is 5.56. The molecule has 0 aliphatic heterocycles.